The molecule has 1 aromatic rings. The van der Waals surface area contributed by atoms with Gasteiger partial charge in [-0.2, -0.15) is 0 Å². The van der Waals surface area contributed by atoms with Crippen LogP contribution in [-0.2, 0) is 0 Å². The van der Waals surface area contributed by atoms with Gasteiger partial charge < -0.3 is 10.6 Å². The van der Waals surface area contributed by atoms with Crippen molar-refractivity contribution in [1.82, 2.24) is 4.90 Å². The molecule has 116 valence electrons. The van der Waals surface area contributed by atoms with Gasteiger partial charge in [0.15, 0.2) is 0 Å². The summed E-state index contributed by atoms with van der Waals surface area (Å²) in [6.07, 6.45) is 4.64. The predicted octanol–water partition coefficient (Wildman–Crippen LogP) is 3.74. The van der Waals surface area contributed by atoms with Crippen LogP contribution in [0.1, 0.15) is 48.5 Å². The van der Waals surface area contributed by atoms with Crippen LogP contribution >= 0.6 is 15.9 Å². The van der Waals surface area contributed by atoms with Crippen molar-refractivity contribution in [3.8, 4) is 0 Å². The van der Waals surface area contributed by atoms with Crippen molar-refractivity contribution < 1.29 is 4.79 Å². The standard InChI is InChI=1S/C17H25BrN2O/c1-3-20(16-7-5-4-6-13(16)11-19)17(21)14-10-12(2)8-9-15(14)18/h8-10,13,16H,3-7,11,19H2,1-2H3. The maximum Gasteiger partial charge on any atom is 0.255 e. The second-order valence-corrected chi connectivity index (χ2v) is 6.78. The lowest BCUT2D eigenvalue weighted by Crippen LogP contribution is -2.48. The largest absolute Gasteiger partial charge is 0.336 e. The van der Waals surface area contributed by atoms with Crippen LogP contribution in [0.15, 0.2) is 22.7 Å². The number of hydrogen-bond donors (Lipinski definition) is 1. The van der Waals surface area contributed by atoms with Crippen LogP contribution < -0.4 is 5.73 Å². The number of hydrogen-bond acceptors (Lipinski definition) is 2. The maximum absolute atomic E-state index is 13.0. The van der Waals surface area contributed by atoms with Crippen molar-refractivity contribution in [3.63, 3.8) is 0 Å². The number of nitrogens with two attached hydrogens (primary N) is 1. The average molecular weight is 353 g/mol. The first-order chi connectivity index (χ1) is 10.1. The number of aryl methyl sites for hydroxylation is 1. The monoisotopic (exact) mass is 352 g/mol. The van der Waals surface area contributed by atoms with E-state index in [9.17, 15) is 4.79 Å². The molecule has 0 aliphatic heterocycles. The summed E-state index contributed by atoms with van der Waals surface area (Å²) < 4.78 is 0.872. The van der Waals surface area contributed by atoms with Crippen LogP contribution in [-0.4, -0.2) is 29.9 Å². The van der Waals surface area contributed by atoms with Gasteiger partial charge in [0.25, 0.3) is 5.91 Å². The van der Waals surface area contributed by atoms with Crippen molar-refractivity contribution in [2.75, 3.05) is 13.1 Å². The number of halogens is 1. The van der Waals surface area contributed by atoms with Crippen LogP contribution in [0.4, 0.5) is 0 Å². The van der Waals surface area contributed by atoms with Gasteiger partial charge in [-0.3, -0.25) is 4.79 Å². The zero-order valence-corrected chi connectivity index (χ0v) is 14.5. The molecular formula is C17H25BrN2O. The zero-order chi connectivity index (χ0) is 15.4. The lowest BCUT2D eigenvalue weighted by atomic mass is 9.83. The van der Waals surface area contributed by atoms with E-state index in [1.54, 1.807) is 0 Å². The van der Waals surface area contributed by atoms with Gasteiger partial charge in [-0.05, 0) is 67.2 Å². The summed E-state index contributed by atoms with van der Waals surface area (Å²) in [5, 5.41) is 0. The highest BCUT2D eigenvalue weighted by atomic mass is 79.9. The fourth-order valence-corrected chi connectivity index (χ4v) is 3.78. The Kier molecular flexibility index (Phi) is 5.82. The smallest absolute Gasteiger partial charge is 0.255 e. The van der Waals surface area contributed by atoms with Gasteiger partial charge in [0.05, 0.1) is 5.56 Å². The van der Waals surface area contributed by atoms with Crippen LogP contribution in [0, 0.1) is 12.8 Å². The molecule has 1 aliphatic rings. The van der Waals surface area contributed by atoms with Gasteiger partial charge in [-0.15, -0.1) is 0 Å². The molecule has 1 aliphatic carbocycles. The number of carbonyl (C=O) groups is 1. The van der Waals surface area contributed by atoms with E-state index in [-0.39, 0.29) is 11.9 Å². The lowest BCUT2D eigenvalue weighted by Gasteiger charge is -2.39. The van der Waals surface area contributed by atoms with Gasteiger partial charge >= 0.3 is 0 Å². The molecule has 0 aromatic heterocycles. The molecule has 0 saturated heterocycles. The number of amides is 1. The third kappa shape index (κ3) is 3.67. The predicted molar refractivity (Wildman–Crippen MR) is 90.4 cm³/mol. The molecular weight excluding hydrogens is 328 g/mol. The minimum absolute atomic E-state index is 0.124. The molecule has 2 atom stereocenters. The summed E-state index contributed by atoms with van der Waals surface area (Å²) in [4.78, 5) is 15.0. The molecule has 1 amide bonds. The Bertz CT molecular complexity index is 504. The highest BCUT2D eigenvalue weighted by Gasteiger charge is 2.32. The van der Waals surface area contributed by atoms with Crippen molar-refractivity contribution in [3.05, 3.63) is 33.8 Å². The van der Waals surface area contributed by atoms with Crippen molar-refractivity contribution in [1.29, 1.82) is 0 Å². The highest BCUT2D eigenvalue weighted by Crippen LogP contribution is 2.30. The summed E-state index contributed by atoms with van der Waals surface area (Å²) >= 11 is 3.51. The molecule has 21 heavy (non-hydrogen) atoms. The van der Waals surface area contributed by atoms with Crippen LogP contribution in [0.2, 0.25) is 0 Å². The Morgan fingerprint density at radius 3 is 2.76 bits per heavy atom. The van der Waals surface area contributed by atoms with E-state index in [1.807, 2.05) is 30.0 Å². The van der Waals surface area contributed by atoms with Crippen LogP contribution in [0.25, 0.3) is 0 Å². The number of carbonyl (C=O) groups excluding carboxylic acids is 1. The van der Waals surface area contributed by atoms with Gasteiger partial charge in [0.2, 0.25) is 0 Å². The van der Waals surface area contributed by atoms with Gasteiger partial charge in [0.1, 0.15) is 0 Å². The summed E-state index contributed by atoms with van der Waals surface area (Å²) in [5.74, 6) is 0.560. The normalized spacial score (nSPS) is 22.1. The molecule has 1 aromatic carbocycles. The highest BCUT2D eigenvalue weighted by molar-refractivity contribution is 9.10. The maximum atomic E-state index is 13.0. The Morgan fingerprint density at radius 2 is 2.10 bits per heavy atom. The van der Waals surface area contributed by atoms with E-state index in [0.717, 1.165) is 35.0 Å². The summed E-state index contributed by atoms with van der Waals surface area (Å²) in [6, 6.07) is 6.22. The van der Waals surface area contributed by atoms with E-state index in [1.165, 1.54) is 12.8 Å². The average Bonchev–Trinajstić information content (AvgIpc) is 2.50. The minimum Gasteiger partial charge on any atom is -0.336 e. The van der Waals surface area contributed by atoms with Crippen molar-refractivity contribution in [2.24, 2.45) is 11.7 Å². The minimum atomic E-state index is 0.124. The molecule has 1 saturated carbocycles. The van der Waals surface area contributed by atoms with E-state index in [2.05, 4.69) is 22.9 Å². The van der Waals surface area contributed by atoms with Gasteiger partial charge in [0, 0.05) is 17.1 Å². The van der Waals surface area contributed by atoms with Gasteiger partial charge in [-0.25, -0.2) is 0 Å². The summed E-state index contributed by atoms with van der Waals surface area (Å²) in [7, 11) is 0. The first-order valence-electron chi connectivity index (χ1n) is 7.85. The Morgan fingerprint density at radius 1 is 1.38 bits per heavy atom. The number of rotatable bonds is 4. The van der Waals surface area contributed by atoms with Gasteiger partial charge in [-0.1, -0.05) is 24.5 Å². The fraction of sp³-hybridized carbons (Fsp3) is 0.588. The van der Waals surface area contributed by atoms with E-state index in [0.29, 0.717) is 12.5 Å². The third-order valence-corrected chi connectivity index (χ3v) is 5.22. The summed E-state index contributed by atoms with van der Waals surface area (Å²) in [5.41, 5.74) is 7.80. The Balaban J connectivity index is 2.27. The SMILES string of the molecule is CCN(C(=O)c1cc(C)ccc1Br)C1CCCCC1CN. The molecule has 0 bridgehead atoms. The molecule has 3 nitrogen and oxygen atoms in total. The summed E-state index contributed by atoms with van der Waals surface area (Å²) in [6.45, 7) is 5.48. The molecule has 2 unspecified atom stereocenters. The fourth-order valence-electron chi connectivity index (χ4n) is 3.36. The van der Waals surface area contributed by atoms with E-state index >= 15 is 0 Å². The third-order valence-electron chi connectivity index (χ3n) is 4.53. The zero-order valence-electron chi connectivity index (χ0n) is 12.9. The number of benzene rings is 1. The molecule has 0 heterocycles. The first kappa shape index (κ1) is 16.5. The molecule has 0 spiro atoms. The molecule has 1 fully saturated rings. The van der Waals surface area contributed by atoms with E-state index < -0.39 is 0 Å². The van der Waals surface area contributed by atoms with Crippen molar-refractivity contribution in [2.45, 2.75) is 45.6 Å². The Hall–Kier alpha value is -0.870. The van der Waals surface area contributed by atoms with Crippen LogP contribution in [0.3, 0.4) is 0 Å². The second-order valence-electron chi connectivity index (χ2n) is 5.92. The van der Waals surface area contributed by atoms with E-state index in [4.69, 9.17) is 5.73 Å². The molecule has 2 rings (SSSR count). The molecule has 2 N–H and O–H groups in total. The molecule has 0 radical (unpaired) electrons. The Labute approximate surface area is 136 Å². The van der Waals surface area contributed by atoms with Crippen molar-refractivity contribution >= 4 is 21.8 Å². The van der Waals surface area contributed by atoms with Crippen LogP contribution in [0.5, 0.6) is 0 Å². The molecule has 4 heteroatoms. The second kappa shape index (κ2) is 7.41. The number of nitrogens with zero attached hydrogens (tertiary/aromatic N) is 1. The quantitative estimate of drug-likeness (QED) is 0.896. The lowest BCUT2D eigenvalue weighted by molar-refractivity contribution is 0.0559. The topological polar surface area (TPSA) is 46.3 Å². The first-order valence-corrected chi connectivity index (χ1v) is 8.65.